The Morgan fingerprint density at radius 2 is 2.06 bits per heavy atom. The van der Waals surface area contributed by atoms with E-state index < -0.39 is 13.0 Å². The van der Waals surface area contributed by atoms with Crippen LogP contribution >= 0.6 is 0 Å². The summed E-state index contributed by atoms with van der Waals surface area (Å²) >= 11 is 0. The summed E-state index contributed by atoms with van der Waals surface area (Å²) in [6.07, 6.45) is 3.34. The van der Waals surface area contributed by atoms with Gasteiger partial charge in [-0.25, -0.2) is 4.98 Å². The molecule has 0 saturated carbocycles. The first-order chi connectivity index (χ1) is 16.0. The summed E-state index contributed by atoms with van der Waals surface area (Å²) in [7, 11) is -1.52. The molecule has 0 saturated heterocycles. The van der Waals surface area contributed by atoms with E-state index in [-0.39, 0.29) is 0 Å². The van der Waals surface area contributed by atoms with Crippen LogP contribution in [0.2, 0.25) is 0 Å². The molecule has 2 aromatic carbocycles. The maximum Gasteiger partial charge on any atom is 0.488 e. The predicted molar refractivity (Wildman–Crippen MR) is 126 cm³/mol. The van der Waals surface area contributed by atoms with Crippen LogP contribution in [0.25, 0.3) is 16.9 Å². The molecule has 0 fully saturated rings. The third-order valence-electron chi connectivity index (χ3n) is 5.64. The van der Waals surface area contributed by atoms with Gasteiger partial charge in [-0.2, -0.15) is 14.8 Å². The van der Waals surface area contributed by atoms with Crippen LogP contribution < -0.4 is 21.8 Å². The highest BCUT2D eigenvalue weighted by atomic mass is 16.4. The van der Waals surface area contributed by atoms with Crippen LogP contribution in [0.4, 0.5) is 11.5 Å². The van der Waals surface area contributed by atoms with E-state index >= 15 is 0 Å². The van der Waals surface area contributed by atoms with Gasteiger partial charge in [0.25, 0.3) is 5.95 Å². The van der Waals surface area contributed by atoms with Crippen molar-refractivity contribution in [2.45, 2.75) is 19.4 Å². The number of nitrogens with one attached hydrogen (secondary N) is 2. The maximum absolute atomic E-state index is 11.8. The molecule has 11 heteroatoms. The third-order valence-corrected chi connectivity index (χ3v) is 5.64. The first-order valence-electron chi connectivity index (χ1n) is 10.6. The second-order valence-electron chi connectivity index (χ2n) is 7.86. The van der Waals surface area contributed by atoms with Gasteiger partial charge in [0, 0.05) is 18.5 Å². The molecular weight excluding hydrogens is 421 g/mol. The van der Waals surface area contributed by atoms with E-state index in [1.807, 2.05) is 12.1 Å². The summed E-state index contributed by atoms with van der Waals surface area (Å²) in [5, 5.41) is 30.7. The summed E-state index contributed by atoms with van der Waals surface area (Å²) in [4.78, 5) is 21.3. The van der Waals surface area contributed by atoms with Crippen molar-refractivity contribution in [3.63, 3.8) is 0 Å². The molecule has 0 aliphatic carbocycles. The van der Waals surface area contributed by atoms with Crippen LogP contribution in [0.3, 0.4) is 0 Å². The third kappa shape index (κ3) is 3.99. The Bertz CT molecular complexity index is 1360. The molecule has 0 atom stereocenters. The highest BCUT2D eigenvalue weighted by molar-refractivity contribution is 6.58. The fourth-order valence-electron chi connectivity index (χ4n) is 4.03. The fraction of sp³-hybridized carbons (Fsp3) is 0.182. The molecule has 0 unspecified atom stereocenters. The number of fused-ring (bicyclic) bond motifs is 2. The number of carbonyl (C=O) groups is 1. The van der Waals surface area contributed by atoms with Crippen molar-refractivity contribution in [1.82, 2.24) is 19.7 Å². The van der Waals surface area contributed by atoms with Gasteiger partial charge in [-0.15, -0.1) is 0 Å². The number of aromatic nitrogens is 4. The molecule has 2 aromatic heterocycles. The van der Waals surface area contributed by atoms with E-state index in [0.717, 1.165) is 36.3 Å². The van der Waals surface area contributed by atoms with Crippen LogP contribution in [0.1, 0.15) is 28.0 Å². The second kappa shape index (κ2) is 8.53. The highest BCUT2D eigenvalue weighted by Crippen LogP contribution is 2.30. The van der Waals surface area contributed by atoms with Crippen LogP contribution in [-0.4, -0.2) is 49.4 Å². The summed E-state index contributed by atoms with van der Waals surface area (Å²) in [5.74, 6) is 0.490. The molecule has 4 aromatic rings. The zero-order valence-corrected chi connectivity index (χ0v) is 17.7. The van der Waals surface area contributed by atoms with Gasteiger partial charge in [0.2, 0.25) is 5.91 Å². The molecule has 33 heavy (non-hydrogen) atoms. The summed E-state index contributed by atoms with van der Waals surface area (Å²) < 4.78 is 1.60. The van der Waals surface area contributed by atoms with Gasteiger partial charge >= 0.3 is 7.12 Å². The minimum atomic E-state index is -1.52. The molecule has 5 rings (SSSR count). The Hall–Kier alpha value is -3.96. The SMILES string of the molecule is NC(=O)c1cccc2c1cnn2-c1nc2c(c(NCc3cccc(B(O)O)c3)n1)NCCC2. The van der Waals surface area contributed by atoms with Crippen molar-refractivity contribution >= 4 is 40.9 Å². The molecule has 166 valence electrons. The van der Waals surface area contributed by atoms with Gasteiger partial charge in [-0.05, 0) is 36.0 Å². The van der Waals surface area contributed by atoms with Crippen molar-refractivity contribution in [1.29, 1.82) is 0 Å². The lowest BCUT2D eigenvalue weighted by Gasteiger charge is -2.21. The second-order valence-corrected chi connectivity index (χ2v) is 7.86. The summed E-state index contributed by atoms with van der Waals surface area (Å²) in [5.41, 5.74) is 9.61. The summed E-state index contributed by atoms with van der Waals surface area (Å²) in [6, 6.07) is 12.3. The molecule has 1 aliphatic rings. The van der Waals surface area contributed by atoms with E-state index in [1.165, 1.54) is 0 Å². The number of carbonyl (C=O) groups excluding carboxylic acids is 1. The first kappa shape index (κ1) is 20.9. The molecule has 0 spiro atoms. The minimum absolute atomic E-state index is 0.385. The Balaban J connectivity index is 1.54. The number of hydrogen-bond acceptors (Lipinski definition) is 8. The van der Waals surface area contributed by atoms with Crippen molar-refractivity contribution in [2.75, 3.05) is 17.2 Å². The molecule has 1 amide bonds. The quantitative estimate of drug-likeness (QED) is 0.271. The first-order valence-corrected chi connectivity index (χ1v) is 10.6. The predicted octanol–water partition coefficient (Wildman–Crippen LogP) is 0.564. The maximum atomic E-state index is 11.8. The van der Waals surface area contributed by atoms with Gasteiger partial charge in [0.1, 0.15) is 0 Å². The normalized spacial score (nSPS) is 12.8. The molecule has 10 nitrogen and oxygen atoms in total. The zero-order chi connectivity index (χ0) is 22.9. The Morgan fingerprint density at radius 3 is 2.88 bits per heavy atom. The minimum Gasteiger partial charge on any atom is -0.423 e. The topological polar surface area (TPSA) is 151 Å². The summed E-state index contributed by atoms with van der Waals surface area (Å²) in [6.45, 7) is 1.25. The molecule has 0 bridgehead atoms. The van der Waals surface area contributed by atoms with Gasteiger partial charge in [0.05, 0.1) is 28.7 Å². The Kier molecular flexibility index (Phi) is 5.41. The standard InChI is InChI=1S/C22H22BN7O3/c24-20(31)15-6-2-8-18-16(15)12-27-30(18)22-28-17-7-3-9-25-19(17)21(29-22)26-11-13-4-1-5-14(10-13)23(32)33/h1-2,4-6,8,10,12,25,32-33H,3,7,9,11H2,(H2,24,31)(H,26,28,29). The lowest BCUT2D eigenvalue weighted by atomic mass is 9.80. The van der Waals surface area contributed by atoms with Crippen LogP contribution in [0.5, 0.6) is 0 Å². The Morgan fingerprint density at radius 1 is 1.21 bits per heavy atom. The molecule has 6 N–H and O–H groups in total. The number of aryl methyl sites for hydroxylation is 1. The average molecular weight is 443 g/mol. The molecular formula is C22H22BN7O3. The van der Waals surface area contributed by atoms with Crippen LogP contribution in [0.15, 0.2) is 48.7 Å². The van der Waals surface area contributed by atoms with Gasteiger partial charge in [-0.1, -0.05) is 30.3 Å². The largest absolute Gasteiger partial charge is 0.488 e. The zero-order valence-electron chi connectivity index (χ0n) is 17.7. The number of amides is 1. The van der Waals surface area contributed by atoms with E-state index in [2.05, 4.69) is 15.7 Å². The number of anilines is 2. The van der Waals surface area contributed by atoms with Crippen molar-refractivity contribution < 1.29 is 14.8 Å². The number of nitrogens with two attached hydrogens (primary N) is 1. The number of nitrogens with zero attached hydrogens (tertiary/aromatic N) is 4. The molecule has 3 heterocycles. The smallest absolute Gasteiger partial charge is 0.423 e. The van der Waals surface area contributed by atoms with E-state index in [1.54, 1.807) is 41.2 Å². The lowest BCUT2D eigenvalue weighted by molar-refractivity contribution is 0.100. The number of benzene rings is 2. The fourth-order valence-corrected chi connectivity index (χ4v) is 4.03. The average Bonchev–Trinajstić information content (AvgIpc) is 3.26. The molecule has 1 aliphatic heterocycles. The number of primary amides is 1. The highest BCUT2D eigenvalue weighted by Gasteiger charge is 2.20. The van der Waals surface area contributed by atoms with Crippen molar-refractivity contribution in [3.8, 4) is 5.95 Å². The van der Waals surface area contributed by atoms with Gasteiger partial charge in [0.15, 0.2) is 5.82 Å². The number of rotatable bonds is 6. The van der Waals surface area contributed by atoms with E-state index in [0.29, 0.717) is 40.2 Å². The monoisotopic (exact) mass is 443 g/mol. The van der Waals surface area contributed by atoms with E-state index in [4.69, 9.17) is 15.7 Å². The lowest BCUT2D eigenvalue weighted by Crippen LogP contribution is -2.30. The van der Waals surface area contributed by atoms with Gasteiger partial charge in [-0.3, -0.25) is 4.79 Å². The van der Waals surface area contributed by atoms with E-state index in [9.17, 15) is 14.8 Å². The van der Waals surface area contributed by atoms with Gasteiger partial charge < -0.3 is 26.4 Å². The number of hydrogen-bond donors (Lipinski definition) is 5. The Labute approximate surface area is 189 Å². The molecule has 0 radical (unpaired) electrons. The van der Waals surface area contributed by atoms with Crippen LogP contribution in [0, 0.1) is 0 Å². The van der Waals surface area contributed by atoms with Crippen molar-refractivity contribution in [2.24, 2.45) is 5.73 Å². The van der Waals surface area contributed by atoms with Crippen molar-refractivity contribution in [3.05, 3.63) is 65.5 Å². The van der Waals surface area contributed by atoms with Crippen LogP contribution in [-0.2, 0) is 13.0 Å².